The minimum atomic E-state index is -3.72. The molecule has 264 valence electrons. The van der Waals surface area contributed by atoms with Gasteiger partial charge in [0.05, 0.1) is 36.2 Å². The second-order valence-corrected chi connectivity index (χ2v) is 16.1. The van der Waals surface area contributed by atoms with Gasteiger partial charge < -0.3 is 9.47 Å². The zero-order chi connectivity index (χ0) is 34.8. The average Bonchev–Trinajstić information content (AvgIpc) is 3.54. The van der Waals surface area contributed by atoms with Crippen LogP contribution >= 0.6 is 11.8 Å². The van der Waals surface area contributed by atoms with Gasteiger partial charge in [-0.3, -0.25) is 13.2 Å². The molecule has 2 saturated carbocycles. The Morgan fingerprint density at radius 2 is 1.02 bits per heavy atom. The fourth-order valence-corrected chi connectivity index (χ4v) is 8.18. The molecular weight excluding hydrogens is 666 g/mol. The first kappa shape index (κ1) is 39.5. The smallest absolute Gasteiger partial charge is 0.296 e. The van der Waals surface area contributed by atoms with Crippen LogP contribution in [0.4, 0.5) is 0 Å². The van der Waals surface area contributed by atoms with Gasteiger partial charge >= 0.3 is 0 Å². The normalized spacial score (nSPS) is 20.1. The maximum atomic E-state index is 12.4. The fraction of sp³-hybridized carbons (Fsp3) is 0.618. The van der Waals surface area contributed by atoms with Gasteiger partial charge in [0.2, 0.25) is 0 Å². The van der Waals surface area contributed by atoms with Crippen LogP contribution in [0.15, 0.2) is 58.3 Å². The van der Waals surface area contributed by atoms with Crippen LogP contribution in [-0.2, 0) is 42.9 Å². The van der Waals surface area contributed by atoms with Gasteiger partial charge in [-0.25, -0.2) is 5.25 Å². The van der Waals surface area contributed by atoms with E-state index in [0.29, 0.717) is 38.9 Å². The van der Waals surface area contributed by atoms with Crippen LogP contribution in [0.3, 0.4) is 0 Å². The van der Waals surface area contributed by atoms with Crippen molar-refractivity contribution < 1.29 is 39.5 Å². The summed E-state index contributed by atoms with van der Waals surface area (Å²) in [7, 11) is -7.44. The van der Waals surface area contributed by atoms with Crippen molar-refractivity contribution in [3.05, 3.63) is 59.7 Å². The molecular formula is C34H50ClNO9S2. The van der Waals surface area contributed by atoms with Crippen LogP contribution in [0.25, 0.3) is 0 Å². The summed E-state index contributed by atoms with van der Waals surface area (Å²) in [5, 5.41) is 3.97. The first-order valence-corrected chi connectivity index (χ1v) is 19.4. The number of nitrogens with two attached hydrogens (primary N) is 1. The molecule has 2 aromatic rings. The Hall–Kier alpha value is -1.90. The summed E-state index contributed by atoms with van der Waals surface area (Å²) in [6.07, 6.45) is 7.50. The van der Waals surface area contributed by atoms with Crippen LogP contribution in [0, 0.1) is 24.7 Å². The van der Waals surface area contributed by atoms with E-state index in [9.17, 15) is 21.6 Å². The molecule has 2 aromatic carbocycles. The molecule has 0 unspecified atom stereocenters. The van der Waals surface area contributed by atoms with E-state index in [1.165, 1.54) is 0 Å². The molecule has 2 aliphatic carbocycles. The summed E-state index contributed by atoms with van der Waals surface area (Å²) in [6, 6.07) is 13.4. The van der Waals surface area contributed by atoms with Crippen molar-refractivity contribution in [2.45, 2.75) is 107 Å². The molecule has 0 atom stereocenters. The molecule has 13 heteroatoms. The summed E-state index contributed by atoms with van der Waals surface area (Å²) in [6.45, 7) is 9.63. The summed E-state index contributed by atoms with van der Waals surface area (Å²) in [5.74, 6) is -0.172. The lowest BCUT2D eigenvalue weighted by molar-refractivity contribution is -0.194. The third-order valence-electron chi connectivity index (χ3n) is 9.91. The van der Waals surface area contributed by atoms with Gasteiger partial charge in [0.1, 0.15) is 5.78 Å². The monoisotopic (exact) mass is 715 g/mol. The molecule has 2 N–H and O–H groups in total. The van der Waals surface area contributed by atoms with Gasteiger partial charge in [-0.1, -0.05) is 49.2 Å². The van der Waals surface area contributed by atoms with E-state index >= 15 is 0 Å². The van der Waals surface area contributed by atoms with Gasteiger partial charge in [0.15, 0.2) is 5.79 Å². The van der Waals surface area contributed by atoms with Crippen LogP contribution in [0.2, 0.25) is 0 Å². The maximum absolute atomic E-state index is 12.4. The highest BCUT2D eigenvalue weighted by atomic mass is 35.5. The molecule has 0 aromatic heterocycles. The minimum absolute atomic E-state index is 0.127. The van der Waals surface area contributed by atoms with Crippen LogP contribution in [0.1, 0.15) is 89.2 Å². The Kier molecular flexibility index (Phi) is 14.4. The molecule has 1 spiro atoms. The lowest BCUT2D eigenvalue weighted by Gasteiger charge is -2.42. The number of Topliss-reactive ketones (excluding diaryl/α,β-unsaturated/α-hetero) is 1. The largest absolute Gasteiger partial charge is 0.348 e. The lowest BCUT2D eigenvalue weighted by atomic mass is 9.71. The summed E-state index contributed by atoms with van der Waals surface area (Å²) in [5.41, 5.74) is 1.71. The van der Waals surface area contributed by atoms with Crippen molar-refractivity contribution >= 4 is 37.8 Å². The zero-order valence-electron chi connectivity index (χ0n) is 28.0. The van der Waals surface area contributed by atoms with Crippen LogP contribution < -0.4 is 5.25 Å². The number of ether oxygens (including phenoxy) is 2. The van der Waals surface area contributed by atoms with Gasteiger partial charge in [0.25, 0.3) is 20.2 Å². The Morgan fingerprint density at radius 1 is 0.660 bits per heavy atom. The van der Waals surface area contributed by atoms with Crippen molar-refractivity contribution in [3.8, 4) is 0 Å². The first-order chi connectivity index (χ1) is 22.3. The molecule has 3 aliphatic rings. The van der Waals surface area contributed by atoms with Crippen molar-refractivity contribution in [2.75, 3.05) is 26.4 Å². The number of carbonyl (C=O) groups excluding carboxylic acids is 1. The molecule has 1 heterocycles. The highest BCUT2D eigenvalue weighted by molar-refractivity contribution is 7.87. The number of benzene rings is 2. The maximum Gasteiger partial charge on any atom is 0.296 e. The number of hydrogen-bond acceptors (Lipinski definition) is 10. The van der Waals surface area contributed by atoms with Gasteiger partial charge in [-0.05, 0) is 99.2 Å². The summed E-state index contributed by atoms with van der Waals surface area (Å²) >= 11 is 4.14. The Morgan fingerprint density at radius 3 is 1.38 bits per heavy atom. The van der Waals surface area contributed by atoms with E-state index in [1.807, 2.05) is 20.8 Å². The third kappa shape index (κ3) is 10.8. The zero-order valence-corrected chi connectivity index (χ0v) is 30.4. The van der Waals surface area contributed by atoms with Crippen LogP contribution in [0.5, 0.6) is 0 Å². The molecule has 5 rings (SSSR count). The second kappa shape index (κ2) is 17.2. The van der Waals surface area contributed by atoms with E-state index in [-0.39, 0.29) is 39.6 Å². The molecule has 0 radical (unpaired) electrons. The van der Waals surface area contributed by atoms with E-state index < -0.39 is 26.0 Å². The minimum Gasteiger partial charge on any atom is -0.348 e. The average molecular weight is 716 g/mol. The Bertz CT molecular complexity index is 1490. The summed E-state index contributed by atoms with van der Waals surface area (Å²) in [4.78, 5) is 11.8. The standard InChI is InChI=1S/C18H26O5S.C16H22O4S.ClH2N/c1-3-17(8-10-18(11-9-17)21-12-13-22-18)14-23-24(19,20)16-6-4-15(2)5-7-16;1-3-16(10-8-14(17)9-11-16)12-20-21(18,19)15-6-4-13(2)5-7-15;1-2/h4-7H,3,8-14H2,1-2H3;4-7H,3,8-12H2,1-2H3;2H2. The molecule has 0 amide bonds. The third-order valence-corrected chi connectivity index (χ3v) is 12.5. The highest BCUT2D eigenvalue weighted by Gasteiger charge is 2.46. The number of rotatable bonds is 10. The quantitative estimate of drug-likeness (QED) is 0.207. The molecule has 1 aliphatic heterocycles. The van der Waals surface area contributed by atoms with Crippen molar-refractivity contribution in [1.29, 1.82) is 0 Å². The van der Waals surface area contributed by atoms with E-state index in [4.69, 9.17) is 17.8 Å². The highest BCUT2D eigenvalue weighted by Crippen LogP contribution is 2.47. The van der Waals surface area contributed by atoms with Crippen molar-refractivity contribution in [2.24, 2.45) is 16.1 Å². The van der Waals surface area contributed by atoms with E-state index in [0.717, 1.165) is 49.7 Å². The van der Waals surface area contributed by atoms with E-state index in [2.05, 4.69) is 24.0 Å². The van der Waals surface area contributed by atoms with Crippen molar-refractivity contribution in [1.82, 2.24) is 0 Å². The van der Waals surface area contributed by atoms with Crippen LogP contribution in [-0.4, -0.2) is 54.8 Å². The molecule has 0 bridgehead atoms. The number of hydrogen-bond donors (Lipinski definition) is 1. The molecule has 47 heavy (non-hydrogen) atoms. The van der Waals surface area contributed by atoms with Gasteiger partial charge in [-0.15, -0.1) is 0 Å². The molecule has 10 nitrogen and oxygen atoms in total. The predicted octanol–water partition coefficient (Wildman–Crippen LogP) is 6.75. The number of aryl methyl sites for hydroxylation is 2. The SMILES string of the molecule is CCC1(COS(=O)(=O)c2ccc(C)cc2)CCC(=O)CC1.CCC1(COS(=O)(=O)c2ccc(C)cc2)CCC2(CC1)OCCO2.NCl. The predicted molar refractivity (Wildman–Crippen MR) is 181 cm³/mol. The molecule has 3 fully saturated rings. The topological polar surface area (TPSA) is 148 Å². The number of halogens is 1. The van der Waals surface area contributed by atoms with E-state index in [1.54, 1.807) is 48.5 Å². The first-order valence-electron chi connectivity index (χ1n) is 16.2. The van der Waals surface area contributed by atoms with Gasteiger partial charge in [-0.2, -0.15) is 16.8 Å². The number of carbonyl (C=O) groups is 1. The Balaban J connectivity index is 0.000000245. The van der Waals surface area contributed by atoms with Gasteiger partial charge in [0, 0.05) is 25.7 Å². The Labute approximate surface area is 286 Å². The summed E-state index contributed by atoms with van der Waals surface area (Å²) < 4.78 is 71.5. The fourth-order valence-electron chi connectivity index (χ4n) is 6.16. The van der Waals surface area contributed by atoms with Crippen molar-refractivity contribution in [3.63, 3.8) is 0 Å². The molecule has 1 saturated heterocycles. The number of ketones is 1. The second-order valence-electron chi connectivity index (χ2n) is 12.9. The lowest BCUT2D eigenvalue weighted by Crippen LogP contribution is -2.42.